The van der Waals surface area contributed by atoms with Crippen LogP contribution in [0.5, 0.6) is 0 Å². The molecule has 104 valence electrons. The summed E-state index contributed by atoms with van der Waals surface area (Å²) >= 11 is 0. The van der Waals surface area contributed by atoms with E-state index in [0.29, 0.717) is 29.9 Å². The third-order valence-electron chi connectivity index (χ3n) is 4.99. The molecule has 0 radical (unpaired) electrons. The zero-order valence-electron chi connectivity index (χ0n) is 11.9. The summed E-state index contributed by atoms with van der Waals surface area (Å²) in [5.41, 5.74) is 1.61. The predicted octanol–water partition coefficient (Wildman–Crippen LogP) is 2.54. The van der Waals surface area contributed by atoms with Crippen LogP contribution in [0.15, 0.2) is 24.3 Å². The molecule has 1 aromatic rings. The second kappa shape index (κ2) is 5.38. The predicted molar refractivity (Wildman–Crippen MR) is 77.2 cm³/mol. The minimum absolute atomic E-state index is 0.217. The van der Waals surface area contributed by atoms with Crippen LogP contribution in [0, 0.1) is 17.2 Å². The summed E-state index contributed by atoms with van der Waals surface area (Å²) in [6.45, 7) is 0. The van der Waals surface area contributed by atoms with Crippen molar-refractivity contribution in [2.24, 2.45) is 5.92 Å². The molecule has 0 saturated carbocycles. The first-order valence-corrected chi connectivity index (χ1v) is 7.41. The molecule has 3 rings (SSSR count). The fourth-order valence-corrected chi connectivity index (χ4v) is 3.77. The molecule has 2 fully saturated rings. The minimum atomic E-state index is 0.217. The molecule has 20 heavy (non-hydrogen) atoms. The number of fused-ring (bicyclic) bond motifs is 2. The Labute approximate surface area is 120 Å². The standard InChI is InChI=1S/C17H20N2O/c1-19-15-5-6-16(19)10-14(9-15)17(20)8-12-3-2-4-13(7-12)11-18/h2-4,7,14-16H,5-6,8-10H2,1H3. The van der Waals surface area contributed by atoms with Crippen molar-refractivity contribution in [2.45, 2.75) is 44.2 Å². The summed E-state index contributed by atoms with van der Waals surface area (Å²) < 4.78 is 0. The average molecular weight is 268 g/mol. The molecule has 2 heterocycles. The molecule has 0 aliphatic carbocycles. The van der Waals surface area contributed by atoms with Gasteiger partial charge in [-0.25, -0.2) is 0 Å². The quantitative estimate of drug-likeness (QED) is 0.846. The fourth-order valence-electron chi connectivity index (χ4n) is 3.77. The number of rotatable bonds is 3. The van der Waals surface area contributed by atoms with Gasteiger partial charge in [0.2, 0.25) is 0 Å². The summed E-state index contributed by atoms with van der Waals surface area (Å²) in [5, 5.41) is 8.91. The van der Waals surface area contributed by atoms with E-state index >= 15 is 0 Å². The lowest BCUT2D eigenvalue weighted by Crippen LogP contribution is -2.42. The summed E-state index contributed by atoms with van der Waals surface area (Å²) in [6.07, 6.45) is 5.00. The molecule has 2 saturated heterocycles. The number of nitrogens with zero attached hydrogens (tertiary/aromatic N) is 2. The van der Waals surface area contributed by atoms with Gasteiger partial charge in [0.25, 0.3) is 0 Å². The van der Waals surface area contributed by atoms with Crippen molar-refractivity contribution >= 4 is 5.78 Å². The highest BCUT2D eigenvalue weighted by Crippen LogP contribution is 2.38. The van der Waals surface area contributed by atoms with Gasteiger partial charge in [-0.05, 0) is 50.4 Å². The molecule has 2 unspecified atom stereocenters. The minimum Gasteiger partial charge on any atom is -0.300 e. The number of nitriles is 1. The van der Waals surface area contributed by atoms with Crippen LogP contribution < -0.4 is 0 Å². The highest BCUT2D eigenvalue weighted by molar-refractivity contribution is 5.83. The summed E-state index contributed by atoms with van der Waals surface area (Å²) in [7, 11) is 2.19. The maximum absolute atomic E-state index is 12.5. The van der Waals surface area contributed by atoms with Gasteiger partial charge in [-0.15, -0.1) is 0 Å². The van der Waals surface area contributed by atoms with E-state index in [0.717, 1.165) is 18.4 Å². The van der Waals surface area contributed by atoms with Gasteiger partial charge in [0, 0.05) is 24.4 Å². The molecule has 1 aromatic carbocycles. The number of benzene rings is 1. The van der Waals surface area contributed by atoms with E-state index in [9.17, 15) is 4.79 Å². The van der Waals surface area contributed by atoms with Crippen LogP contribution >= 0.6 is 0 Å². The lowest BCUT2D eigenvalue weighted by Gasteiger charge is -2.35. The summed E-state index contributed by atoms with van der Waals surface area (Å²) in [5.74, 6) is 0.569. The normalized spacial score (nSPS) is 29.1. The Hall–Kier alpha value is -1.66. The Kier molecular flexibility index (Phi) is 3.58. The van der Waals surface area contributed by atoms with E-state index in [1.807, 2.05) is 18.2 Å². The van der Waals surface area contributed by atoms with Crippen LogP contribution in [0.25, 0.3) is 0 Å². The summed E-state index contributed by atoms with van der Waals surface area (Å²) in [4.78, 5) is 14.9. The molecule has 0 spiro atoms. The van der Waals surface area contributed by atoms with E-state index in [4.69, 9.17) is 5.26 Å². The lowest BCUT2D eigenvalue weighted by molar-refractivity contribution is -0.124. The monoisotopic (exact) mass is 268 g/mol. The van der Waals surface area contributed by atoms with E-state index in [1.165, 1.54) is 12.8 Å². The number of carbonyl (C=O) groups excluding carboxylic acids is 1. The van der Waals surface area contributed by atoms with Crippen molar-refractivity contribution in [1.29, 1.82) is 5.26 Å². The molecule has 0 amide bonds. The Morgan fingerprint density at radius 2 is 2.05 bits per heavy atom. The number of hydrogen-bond donors (Lipinski definition) is 0. The number of hydrogen-bond acceptors (Lipinski definition) is 3. The SMILES string of the molecule is CN1C2CCC1CC(C(=O)Cc1cccc(C#N)c1)C2. The maximum atomic E-state index is 12.5. The van der Waals surface area contributed by atoms with Gasteiger partial charge in [0.1, 0.15) is 5.78 Å². The third-order valence-corrected chi connectivity index (χ3v) is 4.99. The highest BCUT2D eigenvalue weighted by Gasteiger charge is 2.40. The van der Waals surface area contributed by atoms with Crippen molar-refractivity contribution in [3.63, 3.8) is 0 Å². The van der Waals surface area contributed by atoms with Gasteiger partial charge in [-0.3, -0.25) is 4.79 Å². The van der Waals surface area contributed by atoms with Crippen molar-refractivity contribution in [2.75, 3.05) is 7.05 Å². The zero-order valence-corrected chi connectivity index (χ0v) is 11.9. The molecule has 0 N–H and O–H groups in total. The molecule has 2 aliphatic heterocycles. The Bertz CT molecular complexity index is 546. The number of carbonyl (C=O) groups is 1. The topological polar surface area (TPSA) is 44.1 Å². The largest absolute Gasteiger partial charge is 0.300 e. The zero-order chi connectivity index (χ0) is 14.1. The first-order chi connectivity index (χ1) is 9.67. The van der Waals surface area contributed by atoms with Crippen LogP contribution in [0.1, 0.15) is 36.8 Å². The van der Waals surface area contributed by atoms with Crippen LogP contribution in [0.3, 0.4) is 0 Å². The number of ketones is 1. The van der Waals surface area contributed by atoms with Crippen LogP contribution in [0.2, 0.25) is 0 Å². The Morgan fingerprint density at radius 3 is 2.70 bits per heavy atom. The van der Waals surface area contributed by atoms with Crippen LogP contribution in [-0.4, -0.2) is 29.8 Å². The average Bonchev–Trinajstić information content (AvgIpc) is 2.68. The Morgan fingerprint density at radius 1 is 1.35 bits per heavy atom. The van der Waals surface area contributed by atoms with E-state index in [2.05, 4.69) is 18.0 Å². The Balaban J connectivity index is 1.67. The second-order valence-corrected chi connectivity index (χ2v) is 6.17. The van der Waals surface area contributed by atoms with Crippen molar-refractivity contribution in [3.05, 3.63) is 35.4 Å². The van der Waals surface area contributed by atoms with Gasteiger partial charge in [-0.1, -0.05) is 12.1 Å². The first-order valence-electron chi connectivity index (χ1n) is 7.41. The molecule has 3 nitrogen and oxygen atoms in total. The van der Waals surface area contributed by atoms with Crippen molar-refractivity contribution < 1.29 is 4.79 Å². The van der Waals surface area contributed by atoms with Crippen molar-refractivity contribution in [3.8, 4) is 6.07 Å². The van der Waals surface area contributed by atoms with Gasteiger partial charge in [0.15, 0.2) is 0 Å². The van der Waals surface area contributed by atoms with Gasteiger partial charge in [0.05, 0.1) is 11.6 Å². The molecular formula is C17H20N2O. The highest BCUT2D eigenvalue weighted by atomic mass is 16.1. The maximum Gasteiger partial charge on any atom is 0.140 e. The second-order valence-electron chi connectivity index (χ2n) is 6.17. The molecule has 2 bridgehead atoms. The molecule has 0 aromatic heterocycles. The smallest absolute Gasteiger partial charge is 0.140 e. The molecule has 2 aliphatic rings. The van der Waals surface area contributed by atoms with Crippen molar-refractivity contribution in [1.82, 2.24) is 4.90 Å². The first kappa shape index (κ1) is 13.3. The van der Waals surface area contributed by atoms with E-state index < -0.39 is 0 Å². The van der Waals surface area contributed by atoms with Gasteiger partial charge >= 0.3 is 0 Å². The van der Waals surface area contributed by atoms with Crippen LogP contribution in [-0.2, 0) is 11.2 Å². The molecule has 3 heteroatoms. The molecule has 2 atom stereocenters. The van der Waals surface area contributed by atoms with Gasteiger partial charge in [-0.2, -0.15) is 5.26 Å². The third kappa shape index (κ3) is 2.48. The lowest BCUT2D eigenvalue weighted by atomic mass is 9.85. The van der Waals surface area contributed by atoms with Gasteiger partial charge < -0.3 is 4.90 Å². The number of Topliss-reactive ketones (excluding diaryl/α,β-unsaturated/α-hetero) is 1. The van der Waals surface area contributed by atoms with E-state index in [1.54, 1.807) is 6.07 Å². The number of piperidine rings is 1. The molecular weight excluding hydrogens is 248 g/mol. The summed E-state index contributed by atoms with van der Waals surface area (Å²) in [6, 6.07) is 10.8. The van der Waals surface area contributed by atoms with E-state index in [-0.39, 0.29) is 5.92 Å². The fraction of sp³-hybridized carbons (Fsp3) is 0.529. The van der Waals surface area contributed by atoms with Crippen LogP contribution in [0.4, 0.5) is 0 Å².